The second kappa shape index (κ2) is 7.19. The van der Waals surface area contributed by atoms with Crippen molar-refractivity contribution in [2.24, 2.45) is 5.92 Å². The van der Waals surface area contributed by atoms with Gasteiger partial charge in [0.15, 0.2) is 10.8 Å². The summed E-state index contributed by atoms with van der Waals surface area (Å²) >= 11 is 1.44. The minimum Gasteiger partial charge on any atom is -0.361 e. The number of thiazole rings is 1. The molecule has 2 amide bonds. The molecular weight excluding hydrogens is 352 g/mol. The van der Waals surface area contributed by atoms with E-state index in [0.29, 0.717) is 24.0 Å². The van der Waals surface area contributed by atoms with Crippen molar-refractivity contribution >= 4 is 28.3 Å². The summed E-state index contributed by atoms with van der Waals surface area (Å²) in [5.41, 5.74) is 1.22. The third-order valence-electron chi connectivity index (χ3n) is 5.08. The highest BCUT2D eigenvalue weighted by molar-refractivity contribution is 7.15. The molecule has 4 rings (SSSR count). The summed E-state index contributed by atoms with van der Waals surface area (Å²) in [5.74, 6) is 0.730. The van der Waals surface area contributed by atoms with Crippen molar-refractivity contribution in [3.8, 4) is 0 Å². The lowest BCUT2D eigenvalue weighted by atomic mass is 9.88. The van der Waals surface area contributed by atoms with Crippen LogP contribution in [-0.2, 0) is 17.8 Å². The molecule has 0 saturated heterocycles. The van der Waals surface area contributed by atoms with Crippen molar-refractivity contribution in [3.05, 3.63) is 28.1 Å². The average molecular weight is 374 g/mol. The Balaban J connectivity index is 1.42. The summed E-state index contributed by atoms with van der Waals surface area (Å²) < 4.78 is 4.93. The van der Waals surface area contributed by atoms with Gasteiger partial charge in [-0.1, -0.05) is 35.8 Å². The van der Waals surface area contributed by atoms with Crippen LogP contribution >= 0.6 is 11.3 Å². The molecule has 0 bridgehead atoms. The fraction of sp³-hybridized carbons (Fsp3) is 0.556. The SMILES string of the molecule is Cc1cc(C(=O)Nc2nc3c(s2)CN(C(=O)C2CCCCC2)CC3)no1. The van der Waals surface area contributed by atoms with Gasteiger partial charge in [-0.2, -0.15) is 0 Å². The van der Waals surface area contributed by atoms with Crippen molar-refractivity contribution < 1.29 is 14.1 Å². The number of amides is 2. The van der Waals surface area contributed by atoms with Gasteiger partial charge in [-0.15, -0.1) is 0 Å². The molecule has 1 aliphatic carbocycles. The predicted molar refractivity (Wildman–Crippen MR) is 97.0 cm³/mol. The van der Waals surface area contributed by atoms with Gasteiger partial charge in [-0.05, 0) is 19.8 Å². The zero-order chi connectivity index (χ0) is 18.1. The number of carbonyl (C=O) groups is 2. The quantitative estimate of drug-likeness (QED) is 0.891. The van der Waals surface area contributed by atoms with Crippen LogP contribution in [0.4, 0.5) is 5.13 Å². The number of aryl methyl sites for hydroxylation is 1. The third-order valence-corrected chi connectivity index (χ3v) is 6.08. The highest BCUT2D eigenvalue weighted by Crippen LogP contribution is 2.31. The molecule has 2 aromatic rings. The van der Waals surface area contributed by atoms with Gasteiger partial charge in [0.25, 0.3) is 5.91 Å². The molecule has 0 atom stereocenters. The Hall–Kier alpha value is -2.22. The van der Waals surface area contributed by atoms with Crippen LogP contribution in [0.25, 0.3) is 0 Å². The van der Waals surface area contributed by atoms with E-state index in [1.807, 2.05) is 4.90 Å². The minimum absolute atomic E-state index is 0.188. The molecule has 3 heterocycles. The van der Waals surface area contributed by atoms with Crippen LogP contribution in [0.5, 0.6) is 0 Å². The number of nitrogens with one attached hydrogen (secondary N) is 1. The van der Waals surface area contributed by atoms with Gasteiger partial charge in [-0.3, -0.25) is 14.9 Å². The Bertz CT molecular complexity index is 822. The first-order valence-electron chi connectivity index (χ1n) is 9.12. The molecule has 26 heavy (non-hydrogen) atoms. The second-order valence-electron chi connectivity index (χ2n) is 7.01. The Morgan fingerprint density at radius 1 is 1.31 bits per heavy atom. The molecule has 0 spiro atoms. The van der Waals surface area contributed by atoms with Crippen molar-refractivity contribution in [2.75, 3.05) is 11.9 Å². The molecule has 2 aliphatic rings. The number of rotatable bonds is 3. The predicted octanol–water partition coefficient (Wildman–Crippen LogP) is 3.16. The highest BCUT2D eigenvalue weighted by atomic mass is 32.1. The van der Waals surface area contributed by atoms with E-state index in [0.717, 1.165) is 42.7 Å². The Labute approximate surface area is 155 Å². The van der Waals surface area contributed by atoms with Gasteiger partial charge in [0, 0.05) is 29.8 Å². The maximum atomic E-state index is 12.8. The number of hydrogen-bond acceptors (Lipinski definition) is 6. The van der Waals surface area contributed by atoms with Crippen molar-refractivity contribution in [1.82, 2.24) is 15.0 Å². The fourth-order valence-electron chi connectivity index (χ4n) is 3.68. The normalized spacial score (nSPS) is 17.8. The number of aromatic nitrogens is 2. The minimum atomic E-state index is -0.330. The molecule has 138 valence electrons. The second-order valence-corrected chi connectivity index (χ2v) is 8.09. The zero-order valence-electron chi connectivity index (χ0n) is 14.8. The molecule has 0 aromatic carbocycles. The van der Waals surface area contributed by atoms with Crippen molar-refractivity contribution in [3.63, 3.8) is 0 Å². The van der Waals surface area contributed by atoms with E-state index in [4.69, 9.17) is 4.52 Å². The maximum absolute atomic E-state index is 12.8. The number of fused-ring (bicyclic) bond motifs is 1. The first-order valence-corrected chi connectivity index (χ1v) is 9.94. The van der Waals surface area contributed by atoms with Gasteiger partial charge in [0.2, 0.25) is 5.91 Å². The number of anilines is 1. The molecular formula is C18H22N4O3S. The van der Waals surface area contributed by atoms with E-state index in [1.165, 1.54) is 17.8 Å². The highest BCUT2D eigenvalue weighted by Gasteiger charge is 2.30. The van der Waals surface area contributed by atoms with Gasteiger partial charge in [0.05, 0.1) is 12.2 Å². The van der Waals surface area contributed by atoms with E-state index in [1.54, 1.807) is 13.0 Å². The average Bonchev–Trinajstić information content (AvgIpc) is 3.26. The summed E-state index contributed by atoms with van der Waals surface area (Å²) in [6.07, 6.45) is 6.34. The van der Waals surface area contributed by atoms with Gasteiger partial charge in [0.1, 0.15) is 5.76 Å². The van der Waals surface area contributed by atoms with E-state index in [-0.39, 0.29) is 23.4 Å². The number of carbonyl (C=O) groups excluding carboxylic acids is 2. The Kier molecular flexibility index (Phi) is 4.76. The smallest absolute Gasteiger partial charge is 0.279 e. The van der Waals surface area contributed by atoms with Gasteiger partial charge < -0.3 is 9.42 Å². The molecule has 2 aromatic heterocycles. The van der Waals surface area contributed by atoms with Crippen molar-refractivity contribution in [1.29, 1.82) is 0 Å². The summed E-state index contributed by atoms with van der Waals surface area (Å²) in [5, 5.41) is 7.05. The fourth-order valence-corrected chi connectivity index (χ4v) is 4.70. The molecule has 0 radical (unpaired) electrons. The zero-order valence-corrected chi connectivity index (χ0v) is 15.6. The van der Waals surface area contributed by atoms with Crippen LogP contribution in [0.1, 0.15) is 58.9 Å². The van der Waals surface area contributed by atoms with Crippen LogP contribution in [0.2, 0.25) is 0 Å². The van der Waals surface area contributed by atoms with E-state index >= 15 is 0 Å². The van der Waals surface area contributed by atoms with Crippen molar-refractivity contribution in [2.45, 2.75) is 52.0 Å². The molecule has 1 fully saturated rings. The monoisotopic (exact) mass is 374 g/mol. The first kappa shape index (κ1) is 17.2. The van der Waals surface area contributed by atoms with Crippen LogP contribution < -0.4 is 5.32 Å². The van der Waals surface area contributed by atoms with E-state index < -0.39 is 0 Å². The van der Waals surface area contributed by atoms with Crippen LogP contribution in [-0.4, -0.2) is 33.4 Å². The third kappa shape index (κ3) is 3.51. The van der Waals surface area contributed by atoms with Gasteiger partial charge >= 0.3 is 0 Å². The molecule has 1 aliphatic heterocycles. The molecule has 0 unspecified atom stereocenters. The lowest BCUT2D eigenvalue weighted by molar-refractivity contribution is -0.137. The molecule has 1 saturated carbocycles. The van der Waals surface area contributed by atoms with E-state index in [2.05, 4.69) is 15.5 Å². The molecule has 8 heteroatoms. The van der Waals surface area contributed by atoms with E-state index in [9.17, 15) is 9.59 Å². The largest absolute Gasteiger partial charge is 0.361 e. The molecule has 1 N–H and O–H groups in total. The van der Waals surface area contributed by atoms with Gasteiger partial charge in [-0.25, -0.2) is 4.98 Å². The lowest BCUT2D eigenvalue weighted by Gasteiger charge is -2.31. The summed E-state index contributed by atoms with van der Waals surface area (Å²) in [6.45, 7) is 3.05. The summed E-state index contributed by atoms with van der Waals surface area (Å²) in [4.78, 5) is 32.5. The van der Waals surface area contributed by atoms with Crippen LogP contribution in [0, 0.1) is 12.8 Å². The summed E-state index contributed by atoms with van der Waals surface area (Å²) in [6, 6.07) is 1.59. The first-order chi connectivity index (χ1) is 12.6. The lowest BCUT2D eigenvalue weighted by Crippen LogP contribution is -2.40. The standard InChI is InChI=1S/C18H22N4O3S/c1-11-9-14(21-25-11)16(23)20-18-19-13-7-8-22(10-15(13)26-18)17(24)12-5-3-2-4-6-12/h9,12H,2-8,10H2,1H3,(H,19,20,23). The summed E-state index contributed by atoms with van der Waals surface area (Å²) in [7, 11) is 0. The Morgan fingerprint density at radius 2 is 2.12 bits per heavy atom. The number of hydrogen-bond donors (Lipinski definition) is 1. The molecule has 7 nitrogen and oxygen atoms in total. The number of nitrogens with zero attached hydrogens (tertiary/aromatic N) is 3. The Morgan fingerprint density at radius 3 is 2.85 bits per heavy atom. The maximum Gasteiger partial charge on any atom is 0.279 e. The topological polar surface area (TPSA) is 88.3 Å². The van der Waals surface area contributed by atoms with Crippen LogP contribution in [0.15, 0.2) is 10.6 Å². The van der Waals surface area contributed by atoms with Crippen LogP contribution in [0.3, 0.4) is 0 Å².